The summed E-state index contributed by atoms with van der Waals surface area (Å²) in [5.41, 5.74) is -4.18. The van der Waals surface area contributed by atoms with Crippen molar-refractivity contribution in [1.29, 1.82) is 0 Å². The Labute approximate surface area is 208 Å². The van der Waals surface area contributed by atoms with Gasteiger partial charge < -0.3 is 25.7 Å². The molecule has 1 aromatic rings. The molecule has 1 fully saturated rings. The average Bonchev–Trinajstić information content (AvgIpc) is 2.75. The van der Waals surface area contributed by atoms with E-state index in [2.05, 4.69) is 5.32 Å². The van der Waals surface area contributed by atoms with Gasteiger partial charge in [0.25, 0.3) is 0 Å². The number of ketones is 3. The van der Waals surface area contributed by atoms with Gasteiger partial charge in [0, 0.05) is 20.8 Å². The number of halogens is 3. The summed E-state index contributed by atoms with van der Waals surface area (Å²) in [6.45, 7) is 1.94. The van der Waals surface area contributed by atoms with Gasteiger partial charge in [-0.3, -0.25) is 14.4 Å². The molecule has 0 spiro atoms. The summed E-state index contributed by atoms with van der Waals surface area (Å²) in [6, 6.07) is 2.10. The van der Waals surface area contributed by atoms with Crippen LogP contribution in [0.4, 0.5) is 13.2 Å². The van der Waals surface area contributed by atoms with Gasteiger partial charge in [0.15, 0.2) is 17.2 Å². The molecule has 0 radical (unpaired) electrons. The number of aliphatic hydroxyl groups excluding tert-OH is 2. The number of Topliss-reactive ketones (excluding diaryl/α,β-unsaturated/α-hetero) is 3. The highest BCUT2D eigenvalue weighted by Gasteiger charge is 2.60. The van der Waals surface area contributed by atoms with Gasteiger partial charge in [-0.05, 0) is 63.9 Å². The monoisotopic (exact) mass is 515 g/mol. The first-order valence-electron chi connectivity index (χ1n) is 11.3. The minimum absolute atomic E-state index is 0. The number of carbonyl (C=O) groups excluding carboxylic acids is 3. The summed E-state index contributed by atoms with van der Waals surface area (Å²) in [5.74, 6) is -9.08. The quantitative estimate of drug-likeness (QED) is 0.377. The first kappa shape index (κ1) is 27.4. The second kappa shape index (κ2) is 9.36. The molecule has 0 saturated heterocycles. The molecule has 0 amide bonds. The predicted octanol–water partition coefficient (Wildman–Crippen LogP) is 3.52. The minimum Gasteiger partial charge on any atom is -0.508 e. The van der Waals surface area contributed by atoms with Crippen LogP contribution in [0, 0.1) is 11.8 Å². The number of aromatic hydroxyl groups is 1. The lowest BCUT2D eigenvalue weighted by Gasteiger charge is -2.46. The summed E-state index contributed by atoms with van der Waals surface area (Å²) < 4.78 is 40.3. The predicted molar refractivity (Wildman–Crippen MR) is 127 cm³/mol. The van der Waals surface area contributed by atoms with Crippen LogP contribution in [0.15, 0.2) is 29.0 Å². The fourth-order valence-electron chi connectivity index (χ4n) is 5.34. The number of aliphatic hydroxyl groups is 3. The molecule has 36 heavy (non-hydrogen) atoms. The van der Waals surface area contributed by atoms with Crippen molar-refractivity contribution in [3.8, 4) is 5.75 Å². The van der Waals surface area contributed by atoms with E-state index in [0.29, 0.717) is 0 Å². The van der Waals surface area contributed by atoms with Crippen molar-refractivity contribution in [2.24, 2.45) is 11.8 Å². The Hall–Kier alpha value is -3.18. The van der Waals surface area contributed by atoms with E-state index in [9.17, 15) is 48.0 Å². The lowest BCUT2D eigenvalue weighted by molar-refractivity contribution is -0.148. The topological polar surface area (TPSA) is 144 Å². The second-order valence-electron chi connectivity index (χ2n) is 9.39. The summed E-state index contributed by atoms with van der Waals surface area (Å²) in [6.07, 6.45) is -5.29. The Morgan fingerprint density at radius 3 is 2.28 bits per heavy atom. The lowest BCUT2D eigenvalue weighted by atomic mass is 9.59. The highest BCUT2D eigenvalue weighted by molar-refractivity contribution is 6.23. The normalized spacial score (nSPS) is 26.4. The summed E-state index contributed by atoms with van der Waals surface area (Å²) in [5, 5.41) is 45.7. The molecular formula is C25H32F3NO7. The van der Waals surface area contributed by atoms with Crippen LogP contribution >= 0.6 is 0 Å². The summed E-state index contributed by atoms with van der Waals surface area (Å²) in [7, 11) is 3.75. The fourth-order valence-corrected chi connectivity index (χ4v) is 5.34. The van der Waals surface area contributed by atoms with Gasteiger partial charge in [0.2, 0.25) is 5.78 Å². The van der Waals surface area contributed by atoms with E-state index in [1.165, 1.54) is 0 Å². The maximum Gasteiger partial charge on any atom is 0.395 e. The molecule has 200 valence electrons. The number of alkyl halides is 3. The first-order chi connectivity index (χ1) is 16.6. The Balaban J connectivity index is 0.00000138. The Kier molecular flexibility index (Phi) is 7.13. The van der Waals surface area contributed by atoms with Crippen molar-refractivity contribution < 1.29 is 50.8 Å². The van der Waals surface area contributed by atoms with Gasteiger partial charge in [0.05, 0.1) is 11.5 Å². The molecule has 0 aliphatic heterocycles. The fraction of sp³-hybridized carbons (Fsp3) is 0.480. The molecule has 5 N–H and O–H groups in total. The van der Waals surface area contributed by atoms with Crippen LogP contribution in [0.3, 0.4) is 0 Å². The van der Waals surface area contributed by atoms with Crippen LogP contribution in [0.25, 0.3) is 5.76 Å². The molecule has 3 unspecified atom stereocenters. The van der Waals surface area contributed by atoms with Crippen molar-refractivity contribution in [2.75, 3.05) is 14.1 Å². The molecule has 4 atom stereocenters. The molecule has 11 heteroatoms. The standard InChI is InChI=1S/C23H21F3O7.C2H7N.2H2/c1-8(23(24,25)26)12-3-4-14(28)18-13(12)6-10-5-11-7-15(29)16(9(2)27)20(31)22(11,33)21(32)17(10)19(18)30;1-3-2;;/h3-4,8,10-11,28,30-31,33H,5-7H2,1-2H3;3H,1-2H3;2*1H/t8?,10?,11?,22-;;;/m1.../s1. The maximum atomic E-state index is 13.4. The zero-order valence-electron chi connectivity index (χ0n) is 20.2. The van der Waals surface area contributed by atoms with Gasteiger partial charge in [-0.2, -0.15) is 13.2 Å². The van der Waals surface area contributed by atoms with E-state index >= 15 is 0 Å². The third kappa shape index (κ3) is 4.09. The number of rotatable bonds is 2. The molecule has 3 aliphatic carbocycles. The van der Waals surface area contributed by atoms with Crippen LogP contribution in [-0.4, -0.2) is 63.6 Å². The zero-order chi connectivity index (χ0) is 27.3. The molecule has 0 heterocycles. The van der Waals surface area contributed by atoms with E-state index in [-0.39, 0.29) is 38.0 Å². The largest absolute Gasteiger partial charge is 0.508 e. The molecule has 4 rings (SSSR count). The Morgan fingerprint density at radius 2 is 1.75 bits per heavy atom. The molecule has 1 saturated carbocycles. The third-order valence-electron chi connectivity index (χ3n) is 7.05. The van der Waals surface area contributed by atoms with Crippen molar-refractivity contribution in [3.63, 3.8) is 0 Å². The smallest absolute Gasteiger partial charge is 0.395 e. The SMILES string of the molecule is CC(=O)C1=C(O)[C@@]2(O)C(=O)C3=C(O)c4c(O)ccc(C(C)C(F)(F)F)c4CC3CC2CC1=O.CNC.[HH].[HH]. The highest BCUT2D eigenvalue weighted by atomic mass is 19.4. The van der Waals surface area contributed by atoms with Crippen LogP contribution < -0.4 is 5.32 Å². The summed E-state index contributed by atoms with van der Waals surface area (Å²) in [4.78, 5) is 37.6. The van der Waals surface area contributed by atoms with Crippen molar-refractivity contribution in [2.45, 2.75) is 50.8 Å². The van der Waals surface area contributed by atoms with Crippen LogP contribution in [0.2, 0.25) is 0 Å². The molecule has 8 nitrogen and oxygen atoms in total. The molecular weight excluding hydrogens is 483 g/mol. The molecule has 3 aliphatic rings. The van der Waals surface area contributed by atoms with Gasteiger partial charge >= 0.3 is 6.18 Å². The third-order valence-corrected chi connectivity index (χ3v) is 7.05. The van der Waals surface area contributed by atoms with E-state index < -0.39 is 76.1 Å². The van der Waals surface area contributed by atoms with E-state index in [0.717, 1.165) is 26.0 Å². The maximum absolute atomic E-state index is 13.4. The van der Waals surface area contributed by atoms with Crippen LogP contribution in [-0.2, 0) is 20.8 Å². The number of phenols is 1. The van der Waals surface area contributed by atoms with E-state index in [1.54, 1.807) is 0 Å². The Bertz CT molecular complexity index is 1210. The van der Waals surface area contributed by atoms with E-state index in [4.69, 9.17) is 0 Å². The first-order valence-corrected chi connectivity index (χ1v) is 11.3. The number of hydrogen-bond acceptors (Lipinski definition) is 8. The molecule has 1 aromatic carbocycles. The number of allylic oxidation sites excluding steroid dienone is 1. The number of fused-ring (bicyclic) bond motifs is 3. The minimum atomic E-state index is -4.59. The number of benzene rings is 1. The van der Waals surface area contributed by atoms with Crippen molar-refractivity contribution in [1.82, 2.24) is 5.32 Å². The average molecular weight is 516 g/mol. The Morgan fingerprint density at radius 1 is 1.17 bits per heavy atom. The number of phenolic OH excluding ortho intramolecular Hbond substituents is 1. The molecule has 0 aromatic heterocycles. The second-order valence-corrected chi connectivity index (χ2v) is 9.39. The summed E-state index contributed by atoms with van der Waals surface area (Å²) >= 11 is 0. The number of carbonyl (C=O) groups is 3. The van der Waals surface area contributed by atoms with Gasteiger partial charge in [-0.15, -0.1) is 0 Å². The number of nitrogens with one attached hydrogen (secondary N) is 1. The van der Waals surface area contributed by atoms with Gasteiger partial charge in [-0.25, -0.2) is 0 Å². The van der Waals surface area contributed by atoms with Crippen molar-refractivity contribution >= 4 is 23.1 Å². The van der Waals surface area contributed by atoms with Gasteiger partial charge in [-0.1, -0.05) is 6.07 Å². The van der Waals surface area contributed by atoms with Crippen LogP contribution in [0.5, 0.6) is 5.75 Å². The zero-order valence-corrected chi connectivity index (χ0v) is 20.2. The number of hydrogen-bond donors (Lipinski definition) is 5. The van der Waals surface area contributed by atoms with E-state index in [1.807, 2.05) is 14.1 Å². The van der Waals surface area contributed by atoms with Crippen molar-refractivity contribution in [3.05, 3.63) is 45.7 Å². The molecule has 0 bridgehead atoms. The highest BCUT2D eigenvalue weighted by Crippen LogP contribution is 2.53. The lowest BCUT2D eigenvalue weighted by Crippen LogP contribution is -2.57. The van der Waals surface area contributed by atoms with Gasteiger partial charge in [0.1, 0.15) is 22.8 Å². The van der Waals surface area contributed by atoms with Crippen LogP contribution in [0.1, 0.15) is 52.2 Å².